The van der Waals surface area contributed by atoms with Gasteiger partial charge in [-0.15, -0.1) is 0 Å². The van der Waals surface area contributed by atoms with Crippen LogP contribution >= 0.6 is 0 Å². The molecule has 0 N–H and O–H groups in total. The Morgan fingerprint density at radius 2 is 0.750 bits per heavy atom. The van der Waals surface area contributed by atoms with Crippen LogP contribution in [-0.2, 0) is 0 Å². The van der Waals surface area contributed by atoms with E-state index in [0.29, 0.717) is 11.4 Å². The molecule has 4 nitrogen and oxygen atoms in total. The fraction of sp³-hybridized carbons (Fsp3) is 0. The van der Waals surface area contributed by atoms with Gasteiger partial charge in [-0.25, -0.2) is 0 Å². The number of nitriles is 2. The van der Waals surface area contributed by atoms with Crippen molar-refractivity contribution in [3.05, 3.63) is 120 Å². The normalized spacial score (nSPS) is 12.1. The van der Waals surface area contributed by atoms with E-state index in [1.54, 1.807) is 0 Å². The lowest BCUT2D eigenvalue weighted by atomic mass is 10.1. The van der Waals surface area contributed by atoms with Crippen molar-refractivity contribution in [3.63, 3.8) is 0 Å². The lowest BCUT2D eigenvalue weighted by molar-refractivity contribution is 1.09. The standard InChI is InChI=1S/C32H18N4/c33-19-21-17-31(35-27-13-5-1-9-23(27)24-10-2-6-14-28(24)35)32(18-22(21)20-34)36-29-15-7-3-11-25(29)26-12-4-8-16-30(26)36/h1-18H/i17D,18D. The Hall–Kier alpha value is -5.32. The van der Waals surface area contributed by atoms with Gasteiger partial charge < -0.3 is 9.13 Å². The predicted molar refractivity (Wildman–Crippen MR) is 145 cm³/mol. The topological polar surface area (TPSA) is 57.4 Å². The molecule has 7 rings (SSSR count). The Morgan fingerprint density at radius 3 is 1.03 bits per heavy atom. The van der Waals surface area contributed by atoms with E-state index in [1.165, 1.54) is 0 Å². The summed E-state index contributed by atoms with van der Waals surface area (Å²) in [5.41, 5.74) is 4.03. The van der Waals surface area contributed by atoms with Crippen LogP contribution < -0.4 is 0 Å². The average Bonchev–Trinajstić information content (AvgIpc) is 3.47. The second-order valence-electron chi connectivity index (χ2n) is 8.66. The number of benzene rings is 5. The van der Waals surface area contributed by atoms with Gasteiger partial charge in [0.2, 0.25) is 0 Å². The Labute approximate surface area is 209 Å². The molecule has 0 atom stereocenters. The molecule has 7 aromatic rings. The first-order valence-corrected chi connectivity index (χ1v) is 11.6. The lowest BCUT2D eigenvalue weighted by Gasteiger charge is -2.18. The molecule has 0 saturated heterocycles. The van der Waals surface area contributed by atoms with Gasteiger partial charge in [-0.3, -0.25) is 0 Å². The largest absolute Gasteiger partial charge is 0.307 e. The van der Waals surface area contributed by atoms with Gasteiger partial charge in [0.05, 0.1) is 47.3 Å². The highest BCUT2D eigenvalue weighted by Crippen LogP contribution is 2.38. The second kappa shape index (κ2) is 7.60. The van der Waals surface area contributed by atoms with Gasteiger partial charge in [-0.05, 0) is 36.4 Å². The Bertz CT molecular complexity index is 1930. The third kappa shape index (κ3) is 2.67. The number of para-hydroxylation sites is 4. The zero-order valence-electron chi connectivity index (χ0n) is 21.0. The molecule has 2 heterocycles. The summed E-state index contributed by atoms with van der Waals surface area (Å²) in [6.45, 7) is 0. The molecule has 166 valence electrons. The van der Waals surface area contributed by atoms with Crippen LogP contribution in [0.15, 0.2) is 109 Å². The zero-order chi connectivity index (χ0) is 26.0. The number of nitrogens with zero attached hydrogens (tertiary/aromatic N) is 4. The number of hydrogen-bond acceptors (Lipinski definition) is 2. The maximum Gasteiger partial charge on any atom is 0.101 e. The van der Waals surface area contributed by atoms with E-state index in [4.69, 9.17) is 0 Å². The van der Waals surface area contributed by atoms with Gasteiger partial charge in [0.15, 0.2) is 0 Å². The van der Waals surface area contributed by atoms with Crippen LogP contribution in [0.4, 0.5) is 0 Å². The maximum absolute atomic E-state index is 10.0. The van der Waals surface area contributed by atoms with Crippen molar-refractivity contribution in [1.82, 2.24) is 9.13 Å². The molecule has 0 unspecified atom stereocenters. The van der Waals surface area contributed by atoms with Crippen LogP contribution in [0.1, 0.15) is 13.9 Å². The predicted octanol–water partition coefficient (Wildman–Crippen LogP) is 7.62. The Balaban J connectivity index is 1.79. The molecule has 0 aliphatic heterocycles. The summed E-state index contributed by atoms with van der Waals surface area (Å²) in [7, 11) is 0. The summed E-state index contributed by atoms with van der Waals surface area (Å²) in [6, 6.07) is 35.7. The average molecular weight is 461 g/mol. The van der Waals surface area contributed by atoms with Crippen molar-refractivity contribution in [2.45, 2.75) is 0 Å². The van der Waals surface area contributed by atoms with Gasteiger partial charge in [0.25, 0.3) is 0 Å². The highest BCUT2D eigenvalue weighted by atomic mass is 15.1. The maximum atomic E-state index is 10.0. The smallest absolute Gasteiger partial charge is 0.101 e. The molecule has 4 heteroatoms. The lowest BCUT2D eigenvalue weighted by Crippen LogP contribution is -2.05. The van der Waals surface area contributed by atoms with E-state index in [-0.39, 0.29) is 23.2 Å². The van der Waals surface area contributed by atoms with E-state index in [2.05, 4.69) is 0 Å². The first-order valence-electron chi connectivity index (χ1n) is 12.6. The fourth-order valence-electron chi connectivity index (χ4n) is 5.30. The third-order valence-electron chi connectivity index (χ3n) is 6.79. The molecule has 0 bridgehead atoms. The Kier molecular flexibility index (Phi) is 3.81. The molecule has 0 aliphatic rings. The van der Waals surface area contributed by atoms with E-state index < -0.39 is 0 Å². The molecule has 36 heavy (non-hydrogen) atoms. The molecular weight excluding hydrogens is 440 g/mol. The fourth-order valence-corrected chi connectivity index (χ4v) is 5.30. The first kappa shape index (κ1) is 18.1. The number of rotatable bonds is 2. The van der Waals surface area contributed by atoms with Crippen molar-refractivity contribution in [3.8, 4) is 23.5 Å². The second-order valence-corrected chi connectivity index (χ2v) is 8.66. The monoisotopic (exact) mass is 460 g/mol. The minimum Gasteiger partial charge on any atom is -0.307 e. The SMILES string of the molecule is [2H]c1c(C#N)c(C#N)c([2H])c(-n2c3ccccc3c3ccccc32)c1-n1c2ccccc2c2ccccc21. The van der Waals surface area contributed by atoms with Crippen LogP contribution in [0.3, 0.4) is 0 Å². The number of fused-ring (bicyclic) bond motifs is 6. The third-order valence-corrected chi connectivity index (χ3v) is 6.79. The summed E-state index contributed by atoms with van der Waals surface area (Å²) < 4.78 is 22.5. The van der Waals surface area contributed by atoms with Gasteiger partial charge in [-0.2, -0.15) is 10.5 Å². The van der Waals surface area contributed by atoms with Crippen LogP contribution in [0.25, 0.3) is 55.0 Å². The van der Waals surface area contributed by atoms with Crippen LogP contribution in [0.5, 0.6) is 0 Å². The highest BCUT2D eigenvalue weighted by molar-refractivity contribution is 6.11. The van der Waals surface area contributed by atoms with Crippen molar-refractivity contribution in [1.29, 1.82) is 10.5 Å². The summed E-state index contributed by atoms with van der Waals surface area (Å²) in [4.78, 5) is 0. The van der Waals surface area contributed by atoms with Crippen LogP contribution in [0.2, 0.25) is 0 Å². The molecule has 0 saturated carbocycles. The minimum absolute atomic E-state index is 0.0802. The molecule has 0 aliphatic carbocycles. The van der Waals surface area contributed by atoms with Crippen molar-refractivity contribution < 1.29 is 2.74 Å². The van der Waals surface area contributed by atoms with E-state index >= 15 is 0 Å². The molecule has 0 spiro atoms. The molecular formula is C32H18N4. The number of aromatic nitrogens is 2. The van der Waals surface area contributed by atoms with Crippen LogP contribution in [-0.4, -0.2) is 9.13 Å². The van der Waals surface area contributed by atoms with Gasteiger partial charge in [-0.1, -0.05) is 72.8 Å². The number of hydrogen-bond donors (Lipinski definition) is 0. The first-order chi connectivity index (χ1) is 18.7. The molecule has 2 aromatic heterocycles. The quantitative estimate of drug-likeness (QED) is 0.266. The van der Waals surface area contributed by atoms with Crippen LogP contribution in [0, 0.1) is 22.7 Å². The van der Waals surface area contributed by atoms with Gasteiger partial charge in [0, 0.05) is 21.5 Å². The van der Waals surface area contributed by atoms with E-state index in [1.807, 2.05) is 118 Å². The molecule has 5 aromatic carbocycles. The minimum atomic E-state index is -0.0983. The molecule has 0 fully saturated rings. The summed E-state index contributed by atoms with van der Waals surface area (Å²) in [5, 5.41) is 24.1. The van der Waals surface area contributed by atoms with E-state index in [0.717, 1.165) is 43.6 Å². The van der Waals surface area contributed by atoms with Gasteiger partial charge in [0.1, 0.15) is 12.1 Å². The molecule has 0 amide bonds. The summed E-state index contributed by atoms with van der Waals surface area (Å²) in [6.07, 6.45) is 0. The summed E-state index contributed by atoms with van der Waals surface area (Å²) in [5.74, 6) is 0. The zero-order valence-corrected chi connectivity index (χ0v) is 19.0. The molecule has 0 radical (unpaired) electrons. The van der Waals surface area contributed by atoms with E-state index in [9.17, 15) is 13.3 Å². The summed E-state index contributed by atoms with van der Waals surface area (Å²) >= 11 is 0. The van der Waals surface area contributed by atoms with Crippen molar-refractivity contribution in [2.75, 3.05) is 0 Å². The Morgan fingerprint density at radius 1 is 0.472 bits per heavy atom. The van der Waals surface area contributed by atoms with Crippen molar-refractivity contribution in [2.24, 2.45) is 0 Å². The highest BCUT2D eigenvalue weighted by Gasteiger charge is 2.21. The van der Waals surface area contributed by atoms with Crippen molar-refractivity contribution >= 4 is 43.6 Å². The van der Waals surface area contributed by atoms with Gasteiger partial charge >= 0.3 is 0 Å².